The number of carbonyl (C=O) groups excluding carboxylic acids is 1. The Balaban J connectivity index is 1.98. The summed E-state index contributed by atoms with van der Waals surface area (Å²) in [5.74, 6) is -1.14. The third-order valence-corrected chi connectivity index (χ3v) is 5.37. The highest BCUT2D eigenvalue weighted by atomic mass is 32.1. The lowest BCUT2D eigenvalue weighted by molar-refractivity contribution is -0.121. The number of amides is 1. The first-order chi connectivity index (χ1) is 10.4. The van der Waals surface area contributed by atoms with E-state index in [0.717, 1.165) is 28.5 Å². The Kier molecular flexibility index (Phi) is 5.25. The number of aromatic carboxylic acids is 1. The minimum atomic E-state index is -0.991. The zero-order valence-electron chi connectivity index (χ0n) is 12.5. The van der Waals surface area contributed by atoms with Crippen molar-refractivity contribution < 1.29 is 14.7 Å². The molecule has 1 atom stereocenters. The van der Waals surface area contributed by atoms with Gasteiger partial charge in [0, 0.05) is 5.38 Å². The fourth-order valence-corrected chi connectivity index (χ4v) is 3.56. The van der Waals surface area contributed by atoms with Crippen molar-refractivity contribution in [2.75, 3.05) is 0 Å². The van der Waals surface area contributed by atoms with Gasteiger partial charge in [-0.1, -0.05) is 6.92 Å². The summed E-state index contributed by atoms with van der Waals surface area (Å²) in [6, 6.07) is -0.325. The number of carboxylic acids is 1. The van der Waals surface area contributed by atoms with E-state index in [9.17, 15) is 9.59 Å². The number of carbonyl (C=O) groups is 2. The van der Waals surface area contributed by atoms with E-state index in [2.05, 4.69) is 15.3 Å². The molecule has 2 aromatic heterocycles. The normalized spacial score (nSPS) is 12.1. The first kappa shape index (κ1) is 16.6. The molecule has 6 nitrogen and oxygen atoms in total. The molecule has 2 heterocycles. The standard InChI is InChI=1S/C14H17N3O3S2/c1-4-11-17-9(6-21-11)5-10(18)15-8(3)13-16-7(2)12(22-13)14(19)20/h6,8H,4-5H2,1-3H3,(H,15,18)(H,19,20). The Labute approximate surface area is 136 Å². The molecule has 0 spiro atoms. The average Bonchev–Trinajstić information content (AvgIpc) is 3.04. The van der Waals surface area contributed by atoms with Crippen molar-refractivity contribution in [2.45, 2.75) is 39.7 Å². The molecule has 22 heavy (non-hydrogen) atoms. The van der Waals surface area contributed by atoms with Crippen molar-refractivity contribution >= 4 is 34.6 Å². The van der Waals surface area contributed by atoms with E-state index in [1.165, 1.54) is 0 Å². The van der Waals surface area contributed by atoms with Gasteiger partial charge in [-0.3, -0.25) is 4.79 Å². The third kappa shape index (κ3) is 3.89. The van der Waals surface area contributed by atoms with Gasteiger partial charge in [0.05, 0.1) is 28.9 Å². The van der Waals surface area contributed by atoms with Gasteiger partial charge in [0.2, 0.25) is 5.91 Å². The number of thiazole rings is 2. The molecule has 0 saturated heterocycles. The molecule has 1 unspecified atom stereocenters. The van der Waals surface area contributed by atoms with E-state index in [1.54, 1.807) is 25.2 Å². The van der Waals surface area contributed by atoms with Crippen molar-refractivity contribution in [1.29, 1.82) is 0 Å². The van der Waals surface area contributed by atoms with Gasteiger partial charge in [0.15, 0.2) is 0 Å². The van der Waals surface area contributed by atoms with Crippen molar-refractivity contribution in [3.05, 3.63) is 31.7 Å². The number of aryl methyl sites for hydroxylation is 2. The molecule has 0 fully saturated rings. The van der Waals surface area contributed by atoms with Crippen LogP contribution in [0.3, 0.4) is 0 Å². The summed E-state index contributed by atoms with van der Waals surface area (Å²) >= 11 is 2.64. The maximum atomic E-state index is 12.0. The first-order valence-electron chi connectivity index (χ1n) is 6.84. The summed E-state index contributed by atoms with van der Waals surface area (Å²) < 4.78 is 0. The highest BCUT2D eigenvalue weighted by Gasteiger charge is 2.19. The largest absolute Gasteiger partial charge is 0.477 e. The van der Waals surface area contributed by atoms with Crippen LogP contribution in [0.25, 0.3) is 0 Å². The monoisotopic (exact) mass is 339 g/mol. The number of hydrogen-bond donors (Lipinski definition) is 2. The van der Waals surface area contributed by atoms with Gasteiger partial charge in [0.25, 0.3) is 0 Å². The second-order valence-corrected chi connectivity index (χ2v) is 6.80. The lowest BCUT2D eigenvalue weighted by Gasteiger charge is -2.10. The van der Waals surface area contributed by atoms with Crippen LogP contribution in [0.2, 0.25) is 0 Å². The second-order valence-electron chi connectivity index (χ2n) is 4.82. The first-order valence-corrected chi connectivity index (χ1v) is 8.53. The molecule has 0 aliphatic heterocycles. The minimum absolute atomic E-state index is 0.148. The molecular formula is C14H17N3O3S2. The van der Waals surface area contributed by atoms with Crippen LogP contribution in [0.15, 0.2) is 5.38 Å². The van der Waals surface area contributed by atoms with Crippen LogP contribution >= 0.6 is 22.7 Å². The summed E-state index contributed by atoms with van der Waals surface area (Å²) in [5, 5.41) is 15.4. The van der Waals surface area contributed by atoms with Gasteiger partial charge < -0.3 is 10.4 Å². The quantitative estimate of drug-likeness (QED) is 0.844. The highest BCUT2D eigenvalue weighted by Crippen LogP contribution is 2.23. The average molecular weight is 339 g/mol. The summed E-state index contributed by atoms with van der Waals surface area (Å²) in [5.41, 5.74) is 1.23. The Morgan fingerprint density at radius 2 is 2.14 bits per heavy atom. The lowest BCUT2D eigenvalue weighted by Crippen LogP contribution is -2.28. The summed E-state index contributed by atoms with van der Waals surface area (Å²) in [6.45, 7) is 5.47. The van der Waals surface area contributed by atoms with E-state index in [4.69, 9.17) is 5.11 Å². The Morgan fingerprint density at radius 1 is 1.41 bits per heavy atom. The lowest BCUT2D eigenvalue weighted by atomic mass is 10.3. The smallest absolute Gasteiger partial charge is 0.347 e. The predicted molar refractivity (Wildman–Crippen MR) is 85.6 cm³/mol. The van der Waals surface area contributed by atoms with E-state index in [0.29, 0.717) is 10.7 Å². The van der Waals surface area contributed by atoms with Gasteiger partial charge in [-0.15, -0.1) is 22.7 Å². The van der Waals surface area contributed by atoms with Crippen molar-refractivity contribution in [3.63, 3.8) is 0 Å². The van der Waals surface area contributed by atoms with E-state index in [1.807, 2.05) is 12.3 Å². The van der Waals surface area contributed by atoms with Crippen molar-refractivity contribution in [1.82, 2.24) is 15.3 Å². The number of rotatable bonds is 6. The predicted octanol–water partition coefficient (Wildman–Crippen LogP) is 2.59. The van der Waals surface area contributed by atoms with Gasteiger partial charge in [0.1, 0.15) is 9.88 Å². The maximum absolute atomic E-state index is 12.0. The van der Waals surface area contributed by atoms with Crippen LogP contribution < -0.4 is 5.32 Å². The zero-order valence-corrected chi connectivity index (χ0v) is 14.2. The van der Waals surface area contributed by atoms with Crippen molar-refractivity contribution in [3.8, 4) is 0 Å². The number of carboxylic acid groups (broad SMARTS) is 1. The molecule has 118 valence electrons. The molecule has 2 N–H and O–H groups in total. The Bertz CT molecular complexity index is 693. The highest BCUT2D eigenvalue weighted by molar-refractivity contribution is 7.13. The van der Waals surface area contributed by atoms with E-state index < -0.39 is 5.97 Å². The van der Waals surface area contributed by atoms with E-state index in [-0.39, 0.29) is 23.2 Å². The number of nitrogens with zero attached hydrogens (tertiary/aromatic N) is 2. The molecule has 2 rings (SSSR count). The van der Waals surface area contributed by atoms with Crippen LogP contribution in [-0.4, -0.2) is 27.0 Å². The molecule has 1 amide bonds. The van der Waals surface area contributed by atoms with Crippen LogP contribution in [0, 0.1) is 6.92 Å². The molecule has 0 saturated carbocycles. The summed E-state index contributed by atoms with van der Waals surface area (Å²) in [4.78, 5) is 31.8. The van der Waals surface area contributed by atoms with Crippen LogP contribution in [0.4, 0.5) is 0 Å². The molecular weight excluding hydrogens is 322 g/mol. The van der Waals surface area contributed by atoms with Gasteiger partial charge in [-0.05, 0) is 20.3 Å². The van der Waals surface area contributed by atoms with Gasteiger partial charge in [-0.2, -0.15) is 0 Å². The Hall–Kier alpha value is -1.80. The molecule has 0 radical (unpaired) electrons. The molecule has 0 aliphatic rings. The topological polar surface area (TPSA) is 92.2 Å². The summed E-state index contributed by atoms with van der Waals surface area (Å²) in [7, 11) is 0. The number of aromatic nitrogens is 2. The van der Waals surface area contributed by atoms with Gasteiger partial charge >= 0.3 is 5.97 Å². The second kappa shape index (κ2) is 6.97. The van der Waals surface area contributed by atoms with Crippen LogP contribution in [0.5, 0.6) is 0 Å². The molecule has 0 aromatic carbocycles. The SMILES string of the molecule is CCc1nc(CC(=O)NC(C)c2nc(C)c(C(=O)O)s2)cs1. The zero-order chi connectivity index (χ0) is 16.3. The molecule has 0 aliphatic carbocycles. The third-order valence-electron chi connectivity index (χ3n) is 3.00. The van der Waals surface area contributed by atoms with E-state index >= 15 is 0 Å². The van der Waals surface area contributed by atoms with Crippen LogP contribution in [0.1, 0.15) is 51.0 Å². The fourth-order valence-electron chi connectivity index (χ4n) is 1.91. The maximum Gasteiger partial charge on any atom is 0.347 e. The summed E-state index contributed by atoms with van der Waals surface area (Å²) in [6.07, 6.45) is 1.08. The number of nitrogens with one attached hydrogen (secondary N) is 1. The van der Waals surface area contributed by atoms with Gasteiger partial charge in [-0.25, -0.2) is 14.8 Å². The number of hydrogen-bond acceptors (Lipinski definition) is 6. The fraction of sp³-hybridized carbons (Fsp3) is 0.429. The van der Waals surface area contributed by atoms with Crippen molar-refractivity contribution in [2.24, 2.45) is 0 Å². The Morgan fingerprint density at radius 3 is 2.68 bits per heavy atom. The van der Waals surface area contributed by atoms with Crippen LogP contribution in [-0.2, 0) is 17.6 Å². The molecule has 8 heteroatoms. The molecule has 2 aromatic rings. The molecule has 0 bridgehead atoms. The minimum Gasteiger partial charge on any atom is -0.477 e.